The highest BCUT2D eigenvalue weighted by atomic mass is 16.1. The molecule has 0 unspecified atom stereocenters. The molecule has 0 spiro atoms. The molecule has 0 bridgehead atoms. The molecule has 1 fully saturated rings. The fourth-order valence-corrected chi connectivity index (χ4v) is 3.32. The largest absolute Gasteiger partial charge is 0.336 e. The summed E-state index contributed by atoms with van der Waals surface area (Å²) in [5.74, 6) is 5.59. The second-order valence-corrected chi connectivity index (χ2v) is 5.85. The van der Waals surface area contributed by atoms with Crippen molar-refractivity contribution in [1.29, 1.82) is 0 Å². The molecule has 112 valence electrons. The van der Waals surface area contributed by atoms with Crippen LogP contribution in [0.4, 0.5) is 0 Å². The van der Waals surface area contributed by atoms with Crippen LogP contribution >= 0.6 is 0 Å². The van der Waals surface area contributed by atoms with Gasteiger partial charge in [0.05, 0.1) is 21.8 Å². The Labute approximate surface area is 125 Å². The van der Waals surface area contributed by atoms with Crippen LogP contribution in [0.1, 0.15) is 31.7 Å². The van der Waals surface area contributed by atoms with Gasteiger partial charge in [0, 0.05) is 18.4 Å². The summed E-state index contributed by atoms with van der Waals surface area (Å²) >= 11 is 0. The van der Waals surface area contributed by atoms with Crippen molar-refractivity contribution < 1.29 is 0 Å². The quantitative estimate of drug-likeness (QED) is 0.545. The maximum absolute atomic E-state index is 12.7. The van der Waals surface area contributed by atoms with E-state index in [1.54, 1.807) is 16.7 Å². The molecule has 0 amide bonds. The van der Waals surface area contributed by atoms with E-state index in [2.05, 4.69) is 4.98 Å². The van der Waals surface area contributed by atoms with Crippen molar-refractivity contribution in [3.05, 3.63) is 51.3 Å². The van der Waals surface area contributed by atoms with Gasteiger partial charge in [0.25, 0.3) is 11.1 Å². The van der Waals surface area contributed by atoms with Crippen molar-refractivity contribution in [1.82, 2.24) is 14.2 Å². The highest BCUT2D eigenvalue weighted by molar-refractivity contribution is 5.91. The van der Waals surface area contributed by atoms with Crippen LogP contribution in [-0.4, -0.2) is 14.2 Å². The van der Waals surface area contributed by atoms with Gasteiger partial charge < -0.3 is 10.4 Å². The molecule has 6 nitrogen and oxygen atoms in total. The first-order valence-corrected chi connectivity index (χ1v) is 7.47. The van der Waals surface area contributed by atoms with Crippen LogP contribution in [0.3, 0.4) is 0 Å². The zero-order valence-corrected chi connectivity index (χ0v) is 12.0. The van der Waals surface area contributed by atoms with Crippen molar-refractivity contribution in [2.24, 2.45) is 0 Å². The third kappa shape index (κ3) is 1.83. The molecule has 0 radical (unpaired) electrons. The minimum absolute atomic E-state index is 0.0781. The predicted octanol–water partition coefficient (Wildman–Crippen LogP) is 1.54. The van der Waals surface area contributed by atoms with E-state index in [0.717, 1.165) is 30.4 Å². The van der Waals surface area contributed by atoms with E-state index in [4.69, 9.17) is 5.84 Å². The number of fused-ring (bicyclic) bond motifs is 2. The van der Waals surface area contributed by atoms with E-state index in [1.165, 1.54) is 6.20 Å². The van der Waals surface area contributed by atoms with Crippen molar-refractivity contribution in [2.75, 3.05) is 5.84 Å². The maximum Gasteiger partial charge on any atom is 0.278 e. The Kier molecular flexibility index (Phi) is 2.79. The lowest BCUT2D eigenvalue weighted by Crippen LogP contribution is -2.27. The standard InChI is InChI=1S/C16H16N4O2/c17-20-8-6-14-12(16(20)22)9-11-13(18-14)5-7-19(15(11)21)10-3-1-2-4-10/h5-10H,1-4,17H2. The van der Waals surface area contributed by atoms with Gasteiger partial charge in [0.15, 0.2) is 0 Å². The van der Waals surface area contributed by atoms with Crippen LogP contribution in [0.5, 0.6) is 0 Å². The minimum Gasteiger partial charge on any atom is -0.336 e. The molecule has 2 N–H and O–H groups in total. The van der Waals surface area contributed by atoms with Crippen LogP contribution in [0.15, 0.2) is 40.2 Å². The van der Waals surface area contributed by atoms with Crippen molar-refractivity contribution in [3.8, 4) is 0 Å². The van der Waals surface area contributed by atoms with E-state index in [-0.39, 0.29) is 17.2 Å². The van der Waals surface area contributed by atoms with Crippen LogP contribution in [0.25, 0.3) is 21.8 Å². The lowest BCUT2D eigenvalue weighted by Gasteiger charge is -2.14. The Morgan fingerprint density at radius 3 is 2.36 bits per heavy atom. The molecule has 1 saturated carbocycles. The van der Waals surface area contributed by atoms with Crippen LogP contribution < -0.4 is 17.0 Å². The number of hydrogen-bond donors (Lipinski definition) is 1. The lowest BCUT2D eigenvalue weighted by atomic mass is 10.1. The highest BCUT2D eigenvalue weighted by Gasteiger charge is 2.19. The van der Waals surface area contributed by atoms with E-state index < -0.39 is 0 Å². The Hall–Kier alpha value is -2.63. The van der Waals surface area contributed by atoms with Gasteiger partial charge in [-0.25, -0.2) is 9.66 Å². The molecule has 3 heterocycles. The predicted molar refractivity (Wildman–Crippen MR) is 85.4 cm³/mol. The van der Waals surface area contributed by atoms with Gasteiger partial charge in [-0.1, -0.05) is 12.8 Å². The van der Waals surface area contributed by atoms with Crippen molar-refractivity contribution >= 4 is 21.8 Å². The van der Waals surface area contributed by atoms with Gasteiger partial charge in [0.2, 0.25) is 0 Å². The fourth-order valence-electron chi connectivity index (χ4n) is 3.32. The van der Waals surface area contributed by atoms with E-state index in [0.29, 0.717) is 21.8 Å². The first-order chi connectivity index (χ1) is 10.6. The zero-order chi connectivity index (χ0) is 15.3. The highest BCUT2D eigenvalue weighted by Crippen LogP contribution is 2.28. The number of rotatable bonds is 1. The Bertz CT molecular complexity index is 997. The molecule has 3 aromatic heterocycles. The van der Waals surface area contributed by atoms with Gasteiger partial charge >= 0.3 is 0 Å². The third-order valence-electron chi connectivity index (χ3n) is 4.52. The minimum atomic E-state index is -0.345. The average Bonchev–Trinajstić information content (AvgIpc) is 3.05. The van der Waals surface area contributed by atoms with E-state index >= 15 is 0 Å². The average molecular weight is 296 g/mol. The molecule has 0 atom stereocenters. The van der Waals surface area contributed by atoms with Gasteiger partial charge in [-0.05, 0) is 31.0 Å². The van der Waals surface area contributed by atoms with Gasteiger partial charge in [-0.3, -0.25) is 9.59 Å². The number of aromatic nitrogens is 3. The smallest absolute Gasteiger partial charge is 0.278 e. The van der Waals surface area contributed by atoms with Crippen LogP contribution in [0, 0.1) is 0 Å². The molecule has 3 aromatic rings. The summed E-state index contributed by atoms with van der Waals surface area (Å²) in [5, 5.41) is 0.851. The Balaban J connectivity index is 2.04. The Morgan fingerprint density at radius 1 is 1.00 bits per heavy atom. The number of pyridine rings is 3. The summed E-state index contributed by atoms with van der Waals surface area (Å²) in [6, 6.07) is 5.41. The number of nitrogen functional groups attached to an aromatic ring is 1. The van der Waals surface area contributed by atoms with Crippen molar-refractivity contribution in [3.63, 3.8) is 0 Å². The van der Waals surface area contributed by atoms with E-state index in [1.807, 2.05) is 12.3 Å². The molecular weight excluding hydrogens is 280 g/mol. The summed E-state index contributed by atoms with van der Waals surface area (Å²) in [6.07, 6.45) is 7.67. The van der Waals surface area contributed by atoms with E-state index in [9.17, 15) is 9.59 Å². The molecule has 0 aromatic carbocycles. The van der Waals surface area contributed by atoms with Crippen LogP contribution in [0.2, 0.25) is 0 Å². The molecule has 0 saturated heterocycles. The topological polar surface area (TPSA) is 82.9 Å². The summed E-state index contributed by atoms with van der Waals surface area (Å²) < 4.78 is 2.79. The summed E-state index contributed by atoms with van der Waals surface area (Å²) in [6.45, 7) is 0. The van der Waals surface area contributed by atoms with Crippen LogP contribution in [-0.2, 0) is 0 Å². The molecule has 0 aliphatic heterocycles. The SMILES string of the molecule is Nn1ccc2nc3ccn(C4CCCC4)c(=O)c3cc2c1=O. The first kappa shape index (κ1) is 13.1. The van der Waals surface area contributed by atoms with Crippen molar-refractivity contribution in [2.45, 2.75) is 31.7 Å². The number of nitrogens with two attached hydrogens (primary N) is 1. The van der Waals surface area contributed by atoms with Gasteiger partial charge in [-0.2, -0.15) is 0 Å². The normalized spacial score (nSPS) is 15.8. The molecule has 4 rings (SSSR count). The summed E-state index contributed by atoms with van der Waals surface area (Å²) in [4.78, 5) is 29.3. The lowest BCUT2D eigenvalue weighted by molar-refractivity contribution is 0.505. The second kappa shape index (κ2) is 4.69. The maximum atomic E-state index is 12.7. The van der Waals surface area contributed by atoms with Gasteiger partial charge in [0.1, 0.15) is 0 Å². The molecule has 1 aliphatic carbocycles. The molecular formula is C16H16N4O2. The third-order valence-corrected chi connectivity index (χ3v) is 4.52. The zero-order valence-electron chi connectivity index (χ0n) is 12.0. The molecule has 1 aliphatic rings. The Morgan fingerprint density at radius 2 is 1.64 bits per heavy atom. The monoisotopic (exact) mass is 296 g/mol. The molecule has 6 heteroatoms. The first-order valence-electron chi connectivity index (χ1n) is 7.47. The van der Waals surface area contributed by atoms with Gasteiger partial charge in [-0.15, -0.1) is 0 Å². The molecule has 22 heavy (non-hydrogen) atoms. The number of nitrogens with zero attached hydrogens (tertiary/aromatic N) is 3. The summed E-state index contributed by atoms with van der Waals surface area (Å²) in [5.41, 5.74) is 0.742. The number of hydrogen-bond acceptors (Lipinski definition) is 4. The fraction of sp³-hybridized carbons (Fsp3) is 0.312. The second-order valence-electron chi connectivity index (χ2n) is 5.85. The summed E-state index contributed by atoms with van der Waals surface area (Å²) in [7, 11) is 0.